The molecule has 0 radical (unpaired) electrons. The zero-order valence-electron chi connectivity index (χ0n) is 16.2. The molecule has 30 heavy (non-hydrogen) atoms. The highest BCUT2D eigenvalue weighted by Gasteiger charge is 2.14. The SMILES string of the molecule is COc1ccc(Nc2nc3cccc(-c4ccc(S(N)(=O)=O)cc4)c3o2)cc1OC. The maximum atomic E-state index is 11.5. The summed E-state index contributed by atoms with van der Waals surface area (Å²) in [7, 11) is -0.614. The molecule has 0 spiro atoms. The topological polar surface area (TPSA) is 117 Å². The summed E-state index contributed by atoms with van der Waals surface area (Å²) in [6.45, 7) is 0. The molecule has 0 fully saturated rings. The molecule has 0 aliphatic rings. The highest BCUT2D eigenvalue weighted by atomic mass is 32.2. The molecule has 0 atom stereocenters. The van der Waals surface area contributed by atoms with Crippen LogP contribution >= 0.6 is 0 Å². The van der Waals surface area contributed by atoms with Gasteiger partial charge in [0.25, 0.3) is 6.01 Å². The molecule has 0 saturated carbocycles. The molecule has 8 nitrogen and oxygen atoms in total. The first-order chi connectivity index (χ1) is 14.4. The van der Waals surface area contributed by atoms with E-state index in [9.17, 15) is 8.42 Å². The van der Waals surface area contributed by atoms with Gasteiger partial charge in [0.1, 0.15) is 5.52 Å². The number of hydrogen-bond acceptors (Lipinski definition) is 7. The summed E-state index contributed by atoms with van der Waals surface area (Å²) in [6, 6.07) is 17.5. The number of benzene rings is 3. The van der Waals surface area contributed by atoms with Crippen molar-refractivity contribution in [3.63, 3.8) is 0 Å². The summed E-state index contributed by atoms with van der Waals surface area (Å²) in [5.74, 6) is 1.19. The van der Waals surface area contributed by atoms with Gasteiger partial charge in [-0.15, -0.1) is 0 Å². The Bertz CT molecular complexity index is 1310. The number of nitrogens with one attached hydrogen (secondary N) is 1. The highest BCUT2D eigenvalue weighted by molar-refractivity contribution is 7.89. The minimum absolute atomic E-state index is 0.0480. The molecule has 0 bridgehead atoms. The first kappa shape index (κ1) is 19.7. The van der Waals surface area contributed by atoms with Gasteiger partial charge in [-0.05, 0) is 35.9 Å². The molecule has 1 aromatic heterocycles. The molecule has 0 aliphatic carbocycles. The number of primary sulfonamides is 1. The van der Waals surface area contributed by atoms with Crippen molar-refractivity contribution in [3.05, 3.63) is 60.7 Å². The maximum absolute atomic E-state index is 11.5. The van der Waals surface area contributed by atoms with Gasteiger partial charge in [0.15, 0.2) is 17.1 Å². The summed E-state index contributed by atoms with van der Waals surface area (Å²) in [5, 5.41) is 8.29. The second-order valence-corrected chi connectivity index (χ2v) is 8.00. The van der Waals surface area contributed by atoms with Gasteiger partial charge in [-0.1, -0.05) is 24.3 Å². The molecule has 0 amide bonds. The molecule has 4 aromatic rings. The number of sulfonamides is 1. The second kappa shape index (κ2) is 7.69. The number of aromatic nitrogens is 1. The van der Waals surface area contributed by atoms with E-state index in [1.54, 1.807) is 38.5 Å². The summed E-state index contributed by atoms with van der Waals surface area (Å²) in [4.78, 5) is 4.53. The Morgan fingerprint density at radius 2 is 1.70 bits per heavy atom. The highest BCUT2D eigenvalue weighted by Crippen LogP contribution is 2.34. The second-order valence-electron chi connectivity index (χ2n) is 6.44. The molecular formula is C21H19N3O5S. The number of oxazole rings is 1. The quantitative estimate of drug-likeness (QED) is 0.481. The van der Waals surface area contributed by atoms with Crippen molar-refractivity contribution < 1.29 is 22.3 Å². The van der Waals surface area contributed by atoms with E-state index in [-0.39, 0.29) is 4.90 Å². The predicted octanol–water partition coefficient (Wildman–Crippen LogP) is 3.90. The van der Waals surface area contributed by atoms with Crippen molar-refractivity contribution in [2.45, 2.75) is 4.90 Å². The number of rotatable bonds is 6. The van der Waals surface area contributed by atoms with Crippen LogP contribution in [0.2, 0.25) is 0 Å². The van der Waals surface area contributed by atoms with Crippen LogP contribution in [0.15, 0.2) is 70.0 Å². The molecule has 1 heterocycles. The third kappa shape index (κ3) is 3.80. The number of ether oxygens (including phenoxy) is 2. The lowest BCUT2D eigenvalue weighted by atomic mass is 10.1. The molecule has 3 aromatic carbocycles. The van der Waals surface area contributed by atoms with Gasteiger partial charge in [0.05, 0.1) is 19.1 Å². The van der Waals surface area contributed by atoms with Crippen molar-refractivity contribution in [2.24, 2.45) is 5.14 Å². The van der Waals surface area contributed by atoms with E-state index in [2.05, 4.69) is 10.3 Å². The average Bonchev–Trinajstić information content (AvgIpc) is 3.15. The normalized spacial score (nSPS) is 11.4. The number of para-hydroxylation sites is 1. The van der Waals surface area contributed by atoms with E-state index in [1.807, 2.05) is 24.3 Å². The van der Waals surface area contributed by atoms with Crippen molar-refractivity contribution in [1.29, 1.82) is 0 Å². The van der Waals surface area contributed by atoms with Crippen molar-refractivity contribution in [3.8, 4) is 22.6 Å². The van der Waals surface area contributed by atoms with Crippen LogP contribution in [0.3, 0.4) is 0 Å². The van der Waals surface area contributed by atoms with Gasteiger partial charge < -0.3 is 19.2 Å². The number of hydrogen-bond donors (Lipinski definition) is 2. The van der Waals surface area contributed by atoms with Gasteiger partial charge in [-0.2, -0.15) is 4.98 Å². The Kier molecular flexibility index (Phi) is 5.06. The Balaban J connectivity index is 1.69. The Morgan fingerprint density at radius 1 is 0.967 bits per heavy atom. The van der Waals surface area contributed by atoms with Gasteiger partial charge in [0, 0.05) is 17.3 Å². The Labute approximate surface area is 173 Å². The van der Waals surface area contributed by atoms with E-state index in [1.165, 1.54) is 12.1 Å². The summed E-state index contributed by atoms with van der Waals surface area (Å²) in [6.07, 6.45) is 0. The van der Waals surface area contributed by atoms with Crippen LogP contribution in [-0.4, -0.2) is 27.6 Å². The van der Waals surface area contributed by atoms with Crippen LogP contribution in [0.25, 0.3) is 22.2 Å². The van der Waals surface area contributed by atoms with E-state index in [0.29, 0.717) is 28.6 Å². The largest absolute Gasteiger partial charge is 0.493 e. The number of methoxy groups -OCH3 is 2. The first-order valence-electron chi connectivity index (χ1n) is 8.91. The van der Waals surface area contributed by atoms with E-state index >= 15 is 0 Å². The smallest absolute Gasteiger partial charge is 0.300 e. The summed E-state index contributed by atoms with van der Waals surface area (Å²) < 4.78 is 39.5. The molecule has 4 rings (SSSR count). The van der Waals surface area contributed by atoms with Gasteiger partial charge in [-0.3, -0.25) is 0 Å². The van der Waals surface area contributed by atoms with E-state index < -0.39 is 10.0 Å². The first-order valence-corrected chi connectivity index (χ1v) is 10.5. The Hall–Kier alpha value is -3.56. The van der Waals surface area contributed by atoms with E-state index in [0.717, 1.165) is 16.8 Å². The molecule has 154 valence electrons. The van der Waals surface area contributed by atoms with Crippen molar-refractivity contribution in [1.82, 2.24) is 4.98 Å². The molecule has 3 N–H and O–H groups in total. The van der Waals surface area contributed by atoms with E-state index in [4.69, 9.17) is 19.0 Å². The number of nitrogens with zero attached hydrogens (tertiary/aromatic N) is 1. The number of nitrogens with two attached hydrogens (primary N) is 1. The molecular weight excluding hydrogens is 406 g/mol. The van der Waals surface area contributed by atoms with Crippen molar-refractivity contribution >= 4 is 32.8 Å². The minimum Gasteiger partial charge on any atom is -0.493 e. The summed E-state index contributed by atoms with van der Waals surface area (Å²) >= 11 is 0. The standard InChI is InChI=1S/C21H19N3O5S/c1-27-18-11-8-14(12-19(18)28-2)23-21-24-17-5-3-4-16(20(17)29-21)13-6-9-15(10-7-13)30(22,25)26/h3-12H,1-2H3,(H,23,24)(H2,22,25,26). The lowest BCUT2D eigenvalue weighted by Gasteiger charge is -2.09. The van der Waals surface area contributed by atoms with Crippen LogP contribution in [0.5, 0.6) is 11.5 Å². The lowest BCUT2D eigenvalue weighted by Crippen LogP contribution is -2.11. The molecule has 0 aliphatic heterocycles. The van der Waals surface area contributed by atoms with Crippen LogP contribution in [0.1, 0.15) is 0 Å². The summed E-state index contributed by atoms with van der Waals surface area (Å²) in [5.41, 5.74) is 3.51. The fraction of sp³-hybridized carbons (Fsp3) is 0.0952. The third-order valence-electron chi connectivity index (χ3n) is 4.54. The van der Waals surface area contributed by atoms with Crippen LogP contribution < -0.4 is 19.9 Å². The predicted molar refractivity (Wildman–Crippen MR) is 114 cm³/mol. The third-order valence-corrected chi connectivity index (χ3v) is 5.47. The van der Waals surface area contributed by atoms with Gasteiger partial charge in [-0.25, -0.2) is 13.6 Å². The lowest BCUT2D eigenvalue weighted by molar-refractivity contribution is 0.355. The maximum Gasteiger partial charge on any atom is 0.300 e. The van der Waals surface area contributed by atoms with Gasteiger partial charge in [0.2, 0.25) is 10.0 Å². The number of anilines is 2. The Morgan fingerprint density at radius 3 is 2.37 bits per heavy atom. The number of fused-ring (bicyclic) bond motifs is 1. The van der Waals surface area contributed by atoms with Crippen LogP contribution in [0.4, 0.5) is 11.7 Å². The molecule has 9 heteroatoms. The monoisotopic (exact) mass is 425 g/mol. The van der Waals surface area contributed by atoms with Crippen molar-refractivity contribution in [2.75, 3.05) is 19.5 Å². The molecule has 0 saturated heterocycles. The fourth-order valence-corrected chi connectivity index (χ4v) is 3.61. The zero-order chi connectivity index (χ0) is 21.3. The van der Waals surface area contributed by atoms with Gasteiger partial charge >= 0.3 is 0 Å². The molecule has 0 unspecified atom stereocenters. The minimum atomic E-state index is -3.75. The zero-order valence-corrected chi connectivity index (χ0v) is 17.1. The fourth-order valence-electron chi connectivity index (χ4n) is 3.09. The van der Waals surface area contributed by atoms with Crippen LogP contribution in [-0.2, 0) is 10.0 Å². The average molecular weight is 425 g/mol. The van der Waals surface area contributed by atoms with Crippen LogP contribution in [0, 0.1) is 0 Å².